The van der Waals surface area contributed by atoms with Gasteiger partial charge in [-0.15, -0.1) is 0 Å². The van der Waals surface area contributed by atoms with E-state index < -0.39 is 5.97 Å². The molecular weight excluding hydrogens is 342 g/mol. The third-order valence-corrected chi connectivity index (χ3v) is 4.63. The van der Waals surface area contributed by atoms with Crippen molar-refractivity contribution in [2.45, 2.75) is 0 Å². The number of carbonyl (C=O) groups is 2. The summed E-state index contributed by atoms with van der Waals surface area (Å²) in [5, 5.41) is 1.73. The SMILES string of the molecule is COC(=O)c1ccc2c(c1)c1ccccc1n2C(=O)c1ccc(OC)cc1. The van der Waals surface area contributed by atoms with E-state index in [4.69, 9.17) is 9.47 Å². The Kier molecular flexibility index (Phi) is 4.12. The van der Waals surface area contributed by atoms with Gasteiger partial charge in [-0.05, 0) is 48.5 Å². The third kappa shape index (κ3) is 2.73. The molecule has 0 aliphatic heterocycles. The monoisotopic (exact) mass is 359 g/mol. The number of ether oxygens (including phenoxy) is 2. The molecule has 4 aromatic rings. The normalized spacial score (nSPS) is 10.9. The highest BCUT2D eigenvalue weighted by atomic mass is 16.5. The van der Waals surface area contributed by atoms with Gasteiger partial charge in [0.15, 0.2) is 0 Å². The second kappa shape index (κ2) is 6.61. The summed E-state index contributed by atoms with van der Waals surface area (Å²) in [7, 11) is 2.94. The molecule has 0 aliphatic carbocycles. The molecule has 27 heavy (non-hydrogen) atoms. The van der Waals surface area contributed by atoms with Gasteiger partial charge in [0, 0.05) is 16.3 Å². The molecule has 5 nitrogen and oxygen atoms in total. The van der Waals surface area contributed by atoms with Crippen LogP contribution in [0.25, 0.3) is 21.8 Å². The van der Waals surface area contributed by atoms with E-state index in [2.05, 4.69) is 0 Å². The first-order valence-electron chi connectivity index (χ1n) is 8.44. The van der Waals surface area contributed by atoms with Crippen molar-refractivity contribution in [3.8, 4) is 5.75 Å². The topological polar surface area (TPSA) is 57.5 Å². The summed E-state index contributed by atoms with van der Waals surface area (Å²) in [5.74, 6) is 0.140. The minimum Gasteiger partial charge on any atom is -0.497 e. The Labute approximate surface area is 155 Å². The predicted molar refractivity (Wildman–Crippen MR) is 104 cm³/mol. The lowest BCUT2D eigenvalue weighted by atomic mass is 10.1. The largest absolute Gasteiger partial charge is 0.497 e. The van der Waals surface area contributed by atoms with Gasteiger partial charge in [0.25, 0.3) is 5.91 Å². The molecule has 1 aromatic heterocycles. The number of rotatable bonds is 3. The van der Waals surface area contributed by atoms with E-state index in [-0.39, 0.29) is 5.91 Å². The second-order valence-electron chi connectivity index (χ2n) is 6.11. The maximum atomic E-state index is 13.2. The molecule has 0 saturated heterocycles. The standard InChI is InChI=1S/C22H17NO4/c1-26-16-10-7-14(8-11-16)21(24)23-19-6-4-3-5-17(19)18-13-15(22(25)27-2)9-12-20(18)23/h3-13H,1-2H3. The molecule has 4 rings (SSSR count). The molecule has 1 heterocycles. The van der Waals surface area contributed by atoms with Crippen molar-refractivity contribution in [2.24, 2.45) is 0 Å². The summed E-state index contributed by atoms with van der Waals surface area (Å²) >= 11 is 0. The van der Waals surface area contributed by atoms with Crippen LogP contribution in [0.15, 0.2) is 66.7 Å². The Balaban J connectivity index is 1.95. The first kappa shape index (κ1) is 16.8. The Hall–Kier alpha value is -3.60. The molecule has 0 N–H and O–H groups in total. The van der Waals surface area contributed by atoms with Crippen LogP contribution in [-0.4, -0.2) is 30.7 Å². The van der Waals surface area contributed by atoms with Crippen molar-refractivity contribution in [3.05, 3.63) is 77.9 Å². The molecule has 0 saturated carbocycles. The van der Waals surface area contributed by atoms with Gasteiger partial charge >= 0.3 is 5.97 Å². The molecule has 0 fully saturated rings. The zero-order valence-corrected chi connectivity index (χ0v) is 14.9. The van der Waals surface area contributed by atoms with Crippen LogP contribution in [0.1, 0.15) is 20.7 Å². The van der Waals surface area contributed by atoms with Crippen LogP contribution in [0.5, 0.6) is 5.75 Å². The minimum absolute atomic E-state index is 0.144. The van der Waals surface area contributed by atoms with E-state index in [1.165, 1.54) is 7.11 Å². The van der Waals surface area contributed by atoms with E-state index in [0.717, 1.165) is 21.8 Å². The second-order valence-corrected chi connectivity index (χ2v) is 6.11. The summed E-state index contributed by atoms with van der Waals surface area (Å²) in [6.45, 7) is 0. The maximum absolute atomic E-state index is 13.2. The number of hydrogen-bond donors (Lipinski definition) is 0. The molecule has 5 heteroatoms. The van der Waals surface area contributed by atoms with Crippen molar-refractivity contribution in [3.63, 3.8) is 0 Å². The maximum Gasteiger partial charge on any atom is 0.337 e. The van der Waals surface area contributed by atoms with Gasteiger partial charge in [-0.25, -0.2) is 4.79 Å². The molecular formula is C22H17NO4. The molecule has 0 spiro atoms. The van der Waals surface area contributed by atoms with E-state index in [1.807, 2.05) is 24.3 Å². The highest BCUT2D eigenvalue weighted by Crippen LogP contribution is 2.31. The van der Waals surface area contributed by atoms with Crippen molar-refractivity contribution in [1.82, 2.24) is 4.57 Å². The van der Waals surface area contributed by atoms with Gasteiger partial charge in [-0.2, -0.15) is 0 Å². The number of methoxy groups -OCH3 is 2. The summed E-state index contributed by atoms with van der Waals surface area (Å²) in [5.41, 5.74) is 2.53. The van der Waals surface area contributed by atoms with Crippen LogP contribution < -0.4 is 4.74 Å². The zero-order valence-electron chi connectivity index (χ0n) is 14.9. The van der Waals surface area contributed by atoms with Gasteiger partial charge in [-0.3, -0.25) is 9.36 Å². The van der Waals surface area contributed by atoms with E-state index in [0.29, 0.717) is 16.9 Å². The van der Waals surface area contributed by atoms with E-state index >= 15 is 0 Å². The van der Waals surface area contributed by atoms with Crippen LogP contribution in [0.2, 0.25) is 0 Å². The Bertz CT molecular complexity index is 1170. The van der Waals surface area contributed by atoms with Crippen molar-refractivity contribution in [2.75, 3.05) is 14.2 Å². The molecule has 0 atom stereocenters. The van der Waals surface area contributed by atoms with Gasteiger partial charge in [-0.1, -0.05) is 18.2 Å². The lowest BCUT2D eigenvalue weighted by Crippen LogP contribution is -2.11. The summed E-state index contributed by atoms with van der Waals surface area (Å²) in [6.07, 6.45) is 0. The first-order chi connectivity index (χ1) is 13.1. The highest BCUT2D eigenvalue weighted by molar-refractivity contribution is 6.17. The molecule has 0 radical (unpaired) electrons. The number of carbonyl (C=O) groups excluding carboxylic acids is 2. The Morgan fingerprint density at radius 1 is 0.778 bits per heavy atom. The minimum atomic E-state index is -0.407. The summed E-state index contributed by atoms with van der Waals surface area (Å²) < 4.78 is 11.7. The quantitative estimate of drug-likeness (QED) is 0.512. The van der Waals surface area contributed by atoms with Gasteiger partial charge < -0.3 is 9.47 Å². The summed E-state index contributed by atoms with van der Waals surface area (Å²) in [4.78, 5) is 25.1. The fourth-order valence-electron chi connectivity index (χ4n) is 3.30. The number of fused-ring (bicyclic) bond motifs is 3. The molecule has 0 amide bonds. The first-order valence-corrected chi connectivity index (χ1v) is 8.44. The van der Waals surface area contributed by atoms with Gasteiger partial charge in [0.2, 0.25) is 0 Å². The number of hydrogen-bond acceptors (Lipinski definition) is 4. The number of esters is 1. The fourth-order valence-corrected chi connectivity index (χ4v) is 3.30. The van der Waals surface area contributed by atoms with Crippen LogP contribution in [-0.2, 0) is 4.74 Å². The van der Waals surface area contributed by atoms with E-state index in [1.54, 1.807) is 54.1 Å². The average molecular weight is 359 g/mol. The fraction of sp³-hybridized carbons (Fsp3) is 0.0909. The van der Waals surface area contributed by atoms with Crippen molar-refractivity contribution >= 4 is 33.7 Å². The van der Waals surface area contributed by atoms with Gasteiger partial charge in [0.05, 0.1) is 30.8 Å². The highest BCUT2D eigenvalue weighted by Gasteiger charge is 2.18. The number of nitrogens with zero attached hydrogens (tertiary/aromatic N) is 1. The predicted octanol–water partition coefficient (Wildman–Crippen LogP) is 4.28. The summed E-state index contributed by atoms with van der Waals surface area (Å²) in [6, 6.07) is 19.9. The zero-order chi connectivity index (χ0) is 19.0. The number of para-hydroxylation sites is 1. The number of aromatic nitrogens is 1. The molecule has 0 unspecified atom stereocenters. The Morgan fingerprint density at radius 2 is 1.44 bits per heavy atom. The Morgan fingerprint density at radius 3 is 2.15 bits per heavy atom. The average Bonchev–Trinajstić information content (AvgIpc) is 3.06. The van der Waals surface area contributed by atoms with Crippen LogP contribution in [0.3, 0.4) is 0 Å². The van der Waals surface area contributed by atoms with Crippen LogP contribution >= 0.6 is 0 Å². The van der Waals surface area contributed by atoms with Crippen LogP contribution in [0.4, 0.5) is 0 Å². The van der Waals surface area contributed by atoms with Crippen molar-refractivity contribution in [1.29, 1.82) is 0 Å². The smallest absolute Gasteiger partial charge is 0.337 e. The van der Waals surface area contributed by atoms with Crippen LogP contribution in [0, 0.1) is 0 Å². The number of benzene rings is 3. The van der Waals surface area contributed by atoms with E-state index in [9.17, 15) is 9.59 Å². The molecule has 134 valence electrons. The van der Waals surface area contributed by atoms with Crippen molar-refractivity contribution < 1.29 is 19.1 Å². The van der Waals surface area contributed by atoms with Gasteiger partial charge in [0.1, 0.15) is 5.75 Å². The molecule has 0 aliphatic rings. The lowest BCUT2D eigenvalue weighted by molar-refractivity contribution is 0.0601. The lowest BCUT2D eigenvalue weighted by Gasteiger charge is -2.07. The molecule has 0 bridgehead atoms. The third-order valence-electron chi connectivity index (χ3n) is 4.63. The molecule has 3 aromatic carbocycles.